The summed E-state index contributed by atoms with van der Waals surface area (Å²) in [5.74, 6) is 0.967. The lowest BCUT2D eigenvalue weighted by Gasteiger charge is -2.39. The first-order valence-electron chi connectivity index (χ1n) is 11.2. The molecule has 7 heteroatoms. The molecule has 0 saturated carbocycles. The summed E-state index contributed by atoms with van der Waals surface area (Å²) in [4.78, 5) is 15.6. The molecule has 1 aliphatic rings. The number of benzene rings is 2. The molecule has 6 nitrogen and oxygen atoms in total. The lowest BCUT2D eigenvalue weighted by atomic mass is 10.0. The summed E-state index contributed by atoms with van der Waals surface area (Å²) >= 11 is 1.83. The van der Waals surface area contributed by atoms with E-state index in [1.54, 1.807) is 6.33 Å². The highest BCUT2D eigenvalue weighted by Crippen LogP contribution is 2.33. The molecule has 164 valence electrons. The van der Waals surface area contributed by atoms with E-state index in [-0.39, 0.29) is 0 Å². The molecule has 0 amide bonds. The van der Waals surface area contributed by atoms with Gasteiger partial charge < -0.3 is 4.90 Å². The Morgan fingerprint density at radius 1 is 0.788 bits per heavy atom. The molecule has 3 aromatic heterocycles. The zero-order valence-electron chi connectivity index (χ0n) is 18.2. The van der Waals surface area contributed by atoms with Crippen molar-refractivity contribution < 1.29 is 0 Å². The molecule has 1 atom stereocenters. The summed E-state index contributed by atoms with van der Waals surface area (Å²) in [5, 5.41) is 7.78. The highest BCUT2D eigenvalue weighted by Gasteiger charge is 2.28. The Hall–Kier alpha value is -3.55. The summed E-state index contributed by atoms with van der Waals surface area (Å²) in [7, 11) is 0. The maximum Gasteiger partial charge on any atom is 0.168 e. The van der Waals surface area contributed by atoms with Crippen LogP contribution in [0.25, 0.3) is 16.7 Å². The third-order valence-electron chi connectivity index (χ3n) is 6.25. The van der Waals surface area contributed by atoms with Gasteiger partial charge in [-0.2, -0.15) is 5.10 Å². The number of hydrogen-bond acceptors (Lipinski definition) is 6. The minimum atomic E-state index is 0.291. The van der Waals surface area contributed by atoms with E-state index in [2.05, 4.69) is 72.7 Å². The van der Waals surface area contributed by atoms with Crippen molar-refractivity contribution in [3.63, 3.8) is 0 Å². The van der Waals surface area contributed by atoms with Crippen molar-refractivity contribution in [1.82, 2.24) is 24.6 Å². The fraction of sp³-hybridized carbons (Fsp3) is 0.192. The molecule has 4 heterocycles. The van der Waals surface area contributed by atoms with Crippen LogP contribution in [0.5, 0.6) is 0 Å². The third kappa shape index (κ3) is 3.79. The first kappa shape index (κ1) is 20.1. The van der Waals surface area contributed by atoms with Crippen LogP contribution in [0.3, 0.4) is 0 Å². The largest absolute Gasteiger partial charge is 0.353 e. The summed E-state index contributed by atoms with van der Waals surface area (Å²) in [6.45, 7) is 3.76. The highest BCUT2D eigenvalue weighted by atomic mass is 32.1. The van der Waals surface area contributed by atoms with Gasteiger partial charge in [-0.15, -0.1) is 11.3 Å². The molecular formula is C26H24N6S. The fourth-order valence-electron chi connectivity index (χ4n) is 4.67. The second kappa shape index (κ2) is 8.77. The van der Waals surface area contributed by atoms with Crippen LogP contribution in [0.4, 0.5) is 5.82 Å². The van der Waals surface area contributed by atoms with E-state index in [0.717, 1.165) is 48.7 Å². The maximum absolute atomic E-state index is 4.66. The number of piperazine rings is 1. The number of hydrogen-bond donors (Lipinski definition) is 0. The van der Waals surface area contributed by atoms with Crippen molar-refractivity contribution in [1.29, 1.82) is 0 Å². The zero-order valence-corrected chi connectivity index (χ0v) is 19.0. The van der Waals surface area contributed by atoms with Gasteiger partial charge >= 0.3 is 0 Å². The van der Waals surface area contributed by atoms with Gasteiger partial charge in [-0.1, -0.05) is 54.6 Å². The van der Waals surface area contributed by atoms with E-state index in [9.17, 15) is 0 Å². The number of fused-ring (bicyclic) bond motifs is 1. The van der Waals surface area contributed by atoms with E-state index >= 15 is 0 Å². The number of aromatic nitrogens is 4. The van der Waals surface area contributed by atoms with Crippen molar-refractivity contribution >= 4 is 28.2 Å². The van der Waals surface area contributed by atoms with Crippen LogP contribution in [0.15, 0.2) is 90.7 Å². The Balaban J connectivity index is 1.26. The predicted molar refractivity (Wildman–Crippen MR) is 133 cm³/mol. The van der Waals surface area contributed by atoms with E-state index in [0.29, 0.717) is 6.04 Å². The quantitative estimate of drug-likeness (QED) is 0.384. The van der Waals surface area contributed by atoms with Crippen molar-refractivity contribution in [2.24, 2.45) is 0 Å². The molecular weight excluding hydrogens is 428 g/mol. The van der Waals surface area contributed by atoms with Crippen molar-refractivity contribution in [2.45, 2.75) is 6.04 Å². The number of nitrogens with zero attached hydrogens (tertiary/aromatic N) is 6. The van der Waals surface area contributed by atoms with Crippen LogP contribution in [0.1, 0.15) is 16.5 Å². The first-order chi connectivity index (χ1) is 16.4. The fourth-order valence-corrected chi connectivity index (χ4v) is 5.56. The zero-order chi connectivity index (χ0) is 22.0. The monoisotopic (exact) mass is 452 g/mol. The van der Waals surface area contributed by atoms with E-state index in [4.69, 9.17) is 0 Å². The lowest BCUT2D eigenvalue weighted by molar-refractivity contribution is 0.214. The Kier molecular flexibility index (Phi) is 5.34. The lowest BCUT2D eigenvalue weighted by Crippen LogP contribution is -2.48. The van der Waals surface area contributed by atoms with Gasteiger partial charge in [-0.05, 0) is 29.1 Å². The van der Waals surface area contributed by atoms with Crippen LogP contribution >= 0.6 is 11.3 Å². The molecule has 1 saturated heterocycles. The number of thiophene rings is 1. The van der Waals surface area contributed by atoms with E-state index in [1.807, 2.05) is 52.5 Å². The topological polar surface area (TPSA) is 50.1 Å². The molecule has 33 heavy (non-hydrogen) atoms. The van der Waals surface area contributed by atoms with Crippen LogP contribution in [0, 0.1) is 0 Å². The molecule has 1 unspecified atom stereocenters. The summed E-state index contributed by atoms with van der Waals surface area (Å²) in [5.41, 5.74) is 3.19. The average molecular weight is 453 g/mol. The van der Waals surface area contributed by atoms with Gasteiger partial charge in [0.25, 0.3) is 0 Å². The predicted octanol–water partition coefficient (Wildman–Crippen LogP) is 4.79. The second-order valence-electron chi connectivity index (χ2n) is 8.18. The minimum Gasteiger partial charge on any atom is -0.353 e. The molecule has 5 aromatic rings. The Morgan fingerprint density at radius 3 is 2.27 bits per heavy atom. The molecule has 0 aliphatic carbocycles. The summed E-state index contributed by atoms with van der Waals surface area (Å²) < 4.78 is 1.89. The molecule has 1 fully saturated rings. The maximum atomic E-state index is 4.66. The third-order valence-corrected chi connectivity index (χ3v) is 7.18. The number of anilines is 1. The first-order valence-corrected chi connectivity index (χ1v) is 12.1. The summed E-state index contributed by atoms with van der Waals surface area (Å²) in [6, 6.07) is 25.6. The van der Waals surface area contributed by atoms with Crippen LogP contribution in [0.2, 0.25) is 0 Å². The van der Waals surface area contributed by atoms with E-state index < -0.39 is 0 Å². The van der Waals surface area contributed by atoms with Crippen molar-refractivity contribution in [3.8, 4) is 5.69 Å². The Bertz CT molecular complexity index is 1330. The van der Waals surface area contributed by atoms with Crippen molar-refractivity contribution in [3.05, 3.63) is 101 Å². The number of para-hydroxylation sites is 1. The Labute approximate surface area is 196 Å². The molecule has 0 bridgehead atoms. The van der Waals surface area contributed by atoms with Gasteiger partial charge in [0.2, 0.25) is 0 Å². The van der Waals surface area contributed by atoms with E-state index in [1.165, 1.54) is 10.4 Å². The molecule has 2 aromatic carbocycles. The second-order valence-corrected chi connectivity index (χ2v) is 9.16. The molecule has 0 radical (unpaired) electrons. The Morgan fingerprint density at radius 2 is 1.55 bits per heavy atom. The summed E-state index contributed by atoms with van der Waals surface area (Å²) in [6.07, 6.45) is 3.55. The van der Waals surface area contributed by atoms with Crippen LogP contribution in [-0.2, 0) is 0 Å². The smallest absolute Gasteiger partial charge is 0.168 e. The highest BCUT2D eigenvalue weighted by molar-refractivity contribution is 7.10. The van der Waals surface area contributed by atoms with Gasteiger partial charge in [0.1, 0.15) is 12.1 Å². The van der Waals surface area contributed by atoms with Gasteiger partial charge in [-0.3, -0.25) is 4.90 Å². The molecule has 0 spiro atoms. The normalized spacial score (nSPS) is 15.7. The minimum absolute atomic E-state index is 0.291. The van der Waals surface area contributed by atoms with Gasteiger partial charge in [0, 0.05) is 31.1 Å². The van der Waals surface area contributed by atoms with Crippen LogP contribution in [-0.4, -0.2) is 50.8 Å². The van der Waals surface area contributed by atoms with Crippen molar-refractivity contribution in [2.75, 3.05) is 31.1 Å². The standard InChI is InChI=1S/C26H24N6S/c1-3-8-20(9-4-1)24(23-12-7-17-33-23)30-13-15-31(16-14-30)25-22-18-29-32(26(22)28-19-27-25)21-10-5-2-6-11-21/h1-12,17-19,24H,13-16H2. The van der Waals surface area contributed by atoms with Gasteiger partial charge in [0.05, 0.1) is 23.3 Å². The van der Waals surface area contributed by atoms with Gasteiger partial charge in [-0.25, -0.2) is 14.6 Å². The molecule has 6 rings (SSSR count). The SMILES string of the molecule is c1ccc(C(c2cccs2)N2CCN(c3ncnc4c3cnn4-c3ccccc3)CC2)cc1. The molecule has 0 N–H and O–H groups in total. The van der Waals surface area contributed by atoms with Gasteiger partial charge in [0.15, 0.2) is 5.65 Å². The molecule has 1 aliphatic heterocycles. The average Bonchev–Trinajstić information content (AvgIpc) is 3.56. The number of rotatable bonds is 5. The van der Waals surface area contributed by atoms with Crippen LogP contribution < -0.4 is 4.90 Å².